The number of rotatable bonds is 4. The molecule has 1 aliphatic heterocycles. The third-order valence-electron chi connectivity index (χ3n) is 3.00. The Balaban J connectivity index is 1.98. The molecule has 0 aliphatic carbocycles. The fourth-order valence-corrected chi connectivity index (χ4v) is 2.71. The molecule has 2 heterocycles. The second kappa shape index (κ2) is 5.56. The second-order valence-corrected chi connectivity index (χ2v) is 5.68. The zero-order chi connectivity index (χ0) is 13.1. The van der Waals surface area contributed by atoms with Crippen molar-refractivity contribution in [2.75, 3.05) is 17.2 Å². The van der Waals surface area contributed by atoms with Crippen molar-refractivity contribution in [2.45, 2.75) is 26.7 Å². The highest BCUT2D eigenvalue weighted by Gasteiger charge is 2.31. The van der Waals surface area contributed by atoms with Crippen LogP contribution in [-0.4, -0.2) is 33.5 Å². The molecule has 2 rings (SSSR count). The summed E-state index contributed by atoms with van der Waals surface area (Å²) in [6, 6.07) is 1.92. The van der Waals surface area contributed by atoms with Crippen molar-refractivity contribution in [3.05, 3.63) is 11.8 Å². The number of nitrogens with zero attached hydrogens (tertiary/aromatic N) is 2. The lowest BCUT2D eigenvalue weighted by molar-refractivity contribution is -0.117. The summed E-state index contributed by atoms with van der Waals surface area (Å²) >= 11 is 1.29. The molecule has 0 spiro atoms. The lowest BCUT2D eigenvalue weighted by Crippen LogP contribution is -2.25. The van der Waals surface area contributed by atoms with Crippen molar-refractivity contribution < 1.29 is 9.59 Å². The number of hydrogen-bond acceptors (Lipinski definition) is 4. The summed E-state index contributed by atoms with van der Waals surface area (Å²) in [5.74, 6) is 1.75. The molecule has 0 bridgehead atoms. The van der Waals surface area contributed by atoms with Crippen molar-refractivity contribution in [2.24, 2.45) is 5.92 Å². The van der Waals surface area contributed by atoms with Gasteiger partial charge in [-0.2, -0.15) is 5.10 Å². The molecule has 1 fully saturated rings. The molecule has 0 aromatic carbocycles. The van der Waals surface area contributed by atoms with E-state index in [0.29, 0.717) is 24.5 Å². The van der Waals surface area contributed by atoms with Crippen molar-refractivity contribution in [3.8, 4) is 0 Å². The number of aryl methyl sites for hydroxylation is 1. The van der Waals surface area contributed by atoms with E-state index in [4.69, 9.17) is 0 Å². The van der Waals surface area contributed by atoms with Crippen LogP contribution in [0.3, 0.4) is 0 Å². The maximum absolute atomic E-state index is 11.9. The van der Waals surface area contributed by atoms with Gasteiger partial charge >= 0.3 is 0 Å². The molecule has 1 amide bonds. The van der Waals surface area contributed by atoms with Crippen LogP contribution >= 0.6 is 11.8 Å². The summed E-state index contributed by atoms with van der Waals surface area (Å²) in [5, 5.41) is 7.18. The number of amides is 1. The van der Waals surface area contributed by atoms with E-state index in [1.165, 1.54) is 11.8 Å². The molecule has 1 aromatic rings. The topological polar surface area (TPSA) is 66.1 Å². The number of carbonyl (C=O) groups excluding carboxylic acids is 2. The van der Waals surface area contributed by atoms with Gasteiger partial charge in [-0.25, -0.2) is 0 Å². The SMILES string of the molecule is CCc1cc(N2CC(CSC(C)=O)CC2=O)n[nH]1. The van der Waals surface area contributed by atoms with Gasteiger partial charge in [-0.05, 0) is 12.3 Å². The van der Waals surface area contributed by atoms with Crippen molar-refractivity contribution in [1.29, 1.82) is 0 Å². The first-order valence-electron chi connectivity index (χ1n) is 6.08. The molecule has 1 aliphatic rings. The predicted molar refractivity (Wildman–Crippen MR) is 71.6 cm³/mol. The Hall–Kier alpha value is -1.30. The highest BCUT2D eigenvalue weighted by atomic mass is 32.2. The van der Waals surface area contributed by atoms with E-state index in [2.05, 4.69) is 10.2 Å². The van der Waals surface area contributed by atoms with Crippen LogP contribution in [0.2, 0.25) is 0 Å². The molecule has 98 valence electrons. The third kappa shape index (κ3) is 2.93. The Bertz CT molecular complexity index is 458. The quantitative estimate of drug-likeness (QED) is 0.900. The lowest BCUT2D eigenvalue weighted by Gasteiger charge is -2.12. The lowest BCUT2D eigenvalue weighted by atomic mass is 10.1. The molecule has 0 saturated carbocycles. The number of carbonyl (C=O) groups is 2. The van der Waals surface area contributed by atoms with Crippen LogP contribution in [0, 0.1) is 5.92 Å². The Kier molecular flexibility index (Phi) is 4.06. The minimum Gasteiger partial charge on any atom is -0.295 e. The van der Waals surface area contributed by atoms with Gasteiger partial charge in [0.2, 0.25) is 5.91 Å². The summed E-state index contributed by atoms with van der Waals surface area (Å²) in [6.45, 7) is 4.25. The van der Waals surface area contributed by atoms with Gasteiger partial charge in [0.1, 0.15) is 0 Å². The highest BCUT2D eigenvalue weighted by molar-refractivity contribution is 8.13. The fourth-order valence-electron chi connectivity index (χ4n) is 2.02. The molecule has 6 heteroatoms. The standard InChI is InChI=1S/C12H17N3O2S/c1-3-10-5-11(14-13-10)15-6-9(4-12(15)17)7-18-8(2)16/h5,9H,3-4,6-7H2,1-2H3,(H,13,14). The molecule has 18 heavy (non-hydrogen) atoms. The van der Waals surface area contributed by atoms with E-state index < -0.39 is 0 Å². The number of thioether (sulfide) groups is 1. The largest absolute Gasteiger partial charge is 0.295 e. The average molecular weight is 267 g/mol. The molecular weight excluding hydrogens is 250 g/mol. The van der Waals surface area contributed by atoms with Crippen LogP contribution in [0.25, 0.3) is 0 Å². The highest BCUT2D eigenvalue weighted by Crippen LogP contribution is 2.26. The number of anilines is 1. The Morgan fingerprint density at radius 2 is 2.44 bits per heavy atom. The van der Waals surface area contributed by atoms with E-state index >= 15 is 0 Å². The maximum atomic E-state index is 11.9. The van der Waals surface area contributed by atoms with Crippen LogP contribution in [-0.2, 0) is 16.0 Å². The summed E-state index contributed by atoms with van der Waals surface area (Å²) in [4.78, 5) is 24.5. The van der Waals surface area contributed by atoms with Gasteiger partial charge in [0.15, 0.2) is 10.9 Å². The average Bonchev–Trinajstić information content (AvgIpc) is 2.92. The van der Waals surface area contributed by atoms with E-state index in [0.717, 1.165) is 12.1 Å². The van der Waals surface area contributed by atoms with Gasteiger partial charge in [0.25, 0.3) is 0 Å². The van der Waals surface area contributed by atoms with Crippen molar-refractivity contribution >= 4 is 28.6 Å². The Morgan fingerprint density at radius 1 is 1.67 bits per heavy atom. The number of aromatic amines is 1. The minimum absolute atomic E-state index is 0.0957. The van der Waals surface area contributed by atoms with Gasteiger partial charge in [0.05, 0.1) is 0 Å². The fraction of sp³-hybridized carbons (Fsp3) is 0.583. The van der Waals surface area contributed by atoms with Crippen LogP contribution < -0.4 is 4.90 Å². The first-order chi connectivity index (χ1) is 8.60. The van der Waals surface area contributed by atoms with Crippen LogP contribution in [0.5, 0.6) is 0 Å². The van der Waals surface area contributed by atoms with Gasteiger partial charge in [-0.1, -0.05) is 18.7 Å². The van der Waals surface area contributed by atoms with Gasteiger partial charge in [0, 0.05) is 37.4 Å². The van der Waals surface area contributed by atoms with E-state index in [1.807, 2.05) is 13.0 Å². The smallest absolute Gasteiger partial charge is 0.228 e. The zero-order valence-corrected chi connectivity index (χ0v) is 11.4. The predicted octanol–water partition coefficient (Wildman–Crippen LogP) is 1.60. The number of aromatic nitrogens is 2. The Labute approximate surface area is 110 Å². The first-order valence-corrected chi connectivity index (χ1v) is 7.06. The van der Waals surface area contributed by atoms with Gasteiger partial charge in [-0.15, -0.1) is 0 Å². The van der Waals surface area contributed by atoms with Crippen LogP contribution in [0.4, 0.5) is 5.82 Å². The molecule has 1 unspecified atom stereocenters. The molecule has 1 N–H and O–H groups in total. The monoisotopic (exact) mass is 267 g/mol. The Morgan fingerprint density at radius 3 is 3.06 bits per heavy atom. The van der Waals surface area contributed by atoms with Crippen LogP contribution in [0.1, 0.15) is 26.0 Å². The van der Waals surface area contributed by atoms with E-state index in [1.54, 1.807) is 11.8 Å². The van der Waals surface area contributed by atoms with Gasteiger partial charge in [-0.3, -0.25) is 19.6 Å². The van der Waals surface area contributed by atoms with E-state index in [9.17, 15) is 9.59 Å². The van der Waals surface area contributed by atoms with Gasteiger partial charge < -0.3 is 0 Å². The van der Waals surface area contributed by atoms with Crippen molar-refractivity contribution in [3.63, 3.8) is 0 Å². The normalized spacial score (nSPS) is 19.6. The molecule has 0 radical (unpaired) electrons. The molecular formula is C12H17N3O2S. The molecule has 1 aromatic heterocycles. The molecule has 1 saturated heterocycles. The summed E-state index contributed by atoms with van der Waals surface area (Å²) in [7, 11) is 0. The summed E-state index contributed by atoms with van der Waals surface area (Å²) in [6.07, 6.45) is 1.38. The summed E-state index contributed by atoms with van der Waals surface area (Å²) in [5.41, 5.74) is 1.03. The summed E-state index contributed by atoms with van der Waals surface area (Å²) < 4.78 is 0. The first kappa shape index (κ1) is 13.1. The molecule has 1 atom stereocenters. The second-order valence-electron chi connectivity index (χ2n) is 4.48. The maximum Gasteiger partial charge on any atom is 0.228 e. The minimum atomic E-state index is 0.0957. The molecule has 5 nitrogen and oxygen atoms in total. The van der Waals surface area contributed by atoms with Crippen molar-refractivity contribution in [1.82, 2.24) is 10.2 Å². The number of hydrogen-bond donors (Lipinski definition) is 1. The number of H-pyrrole nitrogens is 1. The zero-order valence-electron chi connectivity index (χ0n) is 10.6. The van der Waals surface area contributed by atoms with E-state index in [-0.39, 0.29) is 16.9 Å². The third-order valence-corrected chi connectivity index (χ3v) is 4.05. The van der Waals surface area contributed by atoms with Crippen LogP contribution in [0.15, 0.2) is 6.07 Å². The number of nitrogens with one attached hydrogen (secondary N) is 1.